The predicted molar refractivity (Wildman–Crippen MR) is 71.3 cm³/mol. The zero-order chi connectivity index (χ0) is 12.7. The molecular weight excluding hydrogens is 305 g/mol. The molecule has 0 saturated carbocycles. The van der Waals surface area contributed by atoms with Gasteiger partial charge in [0.1, 0.15) is 5.69 Å². The monoisotopic (exact) mass is 311 g/mol. The minimum atomic E-state index is -1.67. The maximum atomic E-state index is 9.09. The lowest BCUT2D eigenvalue weighted by Gasteiger charge is -1.91. The van der Waals surface area contributed by atoms with Crippen molar-refractivity contribution in [2.45, 2.75) is 5.88 Å². The van der Waals surface area contributed by atoms with Gasteiger partial charge in [-0.3, -0.25) is 0 Å². The molecule has 0 aliphatic heterocycles. The largest absolute Gasteiger partial charge is 0.582 e. The molecule has 0 saturated heterocycles. The minimum Gasteiger partial charge on any atom is -0.582 e. The van der Waals surface area contributed by atoms with Gasteiger partial charge in [-0.05, 0) is 0 Å². The van der Waals surface area contributed by atoms with E-state index in [0.717, 1.165) is 11.3 Å². The summed E-state index contributed by atoms with van der Waals surface area (Å²) in [4.78, 5) is 0. The molecule has 2 rings (SSSR count). The highest BCUT2D eigenvalue weighted by Gasteiger charge is 2.03. The van der Waals surface area contributed by atoms with E-state index in [9.17, 15) is 0 Å². The van der Waals surface area contributed by atoms with E-state index in [2.05, 4.69) is 26.5 Å². The van der Waals surface area contributed by atoms with Gasteiger partial charge in [-0.1, -0.05) is 35.5 Å². The van der Waals surface area contributed by atoms with Crippen LogP contribution in [0.2, 0.25) is 0 Å². The Hall–Kier alpha value is -0.390. The lowest BCUT2D eigenvalue weighted by atomic mass is 10.1. The van der Waals surface area contributed by atoms with Crippen molar-refractivity contribution in [3.8, 4) is 11.3 Å². The van der Waals surface area contributed by atoms with Crippen LogP contribution in [0.25, 0.3) is 11.3 Å². The molecule has 1 aromatic carbocycles. The summed E-state index contributed by atoms with van der Waals surface area (Å²) in [6, 6.07) is 11.7. The zero-order valence-electron chi connectivity index (χ0n) is 8.48. The Kier molecular flexibility index (Phi) is 6.77. The molecule has 0 fully saturated rings. The van der Waals surface area contributed by atoms with Gasteiger partial charge in [-0.25, -0.2) is 0 Å². The Bertz CT molecular complexity index is 433. The van der Waals surface area contributed by atoms with E-state index < -0.39 is 9.60 Å². The Morgan fingerprint density at radius 3 is 2.29 bits per heavy atom. The van der Waals surface area contributed by atoms with Gasteiger partial charge < -0.3 is 9.08 Å². The number of nitrogens with zero attached hydrogens (tertiary/aromatic N) is 1. The summed E-state index contributed by atoms with van der Waals surface area (Å²) >= 11 is 5.59. The summed E-state index contributed by atoms with van der Waals surface area (Å²) in [6.45, 7) is 0. The molecule has 2 aromatic rings. The lowest BCUT2D eigenvalue weighted by Crippen LogP contribution is -1.73. The molecule has 0 amide bonds. The number of rotatable bonds is 2. The van der Waals surface area contributed by atoms with Crippen LogP contribution in [-0.4, -0.2) is 9.71 Å². The molecule has 7 heteroatoms. The molecule has 0 atom stereocenters. The Morgan fingerprint density at radius 2 is 1.82 bits per heavy atom. The SMILES string of the molecule is ClCc1cc(-c2ccccc2)no1.[O-][S+](Cl)Cl. The highest BCUT2D eigenvalue weighted by atomic mass is 36.0. The topological polar surface area (TPSA) is 49.1 Å². The van der Waals surface area contributed by atoms with Crippen LogP contribution in [0.5, 0.6) is 0 Å². The van der Waals surface area contributed by atoms with E-state index in [0.29, 0.717) is 11.6 Å². The predicted octanol–water partition coefficient (Wildman–Crippen LogP) is 4.12. The van der Waals surface area contributed by atoms with E-state index in [1.165, 1.54) is 0 Å². The number of hydrogen-bond acceptors (Lipinski definition) is 3. The smallest absolute Gasteiger partial charge is 0.198 e. The van der Waals surface area contributed by atoms with Gasteiger partial charge in [0.25, 0.3) is 0 Å². The fourth-order valence-corrected chi connectivity index (χ4v) is 1.25. The lowest BCUT2D eigenvalue weighted by molar-refractivity contribution is 0.396. The average molecular weight is 313 g/mol. The van der Waals surface area contributed by atoms with E-state index in [4.69, 9.17) is 20.7 Å². The van der Waals surface area contributed by atoms with Crippen molar-refractivity contribution in [1.82, 2.24) is 5.16 Å². The van der Waals surface area contributed by atoms with Crippen molar-refractivity contribution < 1.29 is 9.08 Å². The number of alkyl halides is 1. The normalized spacial score (nSPS) is 9.94. The molecule has 1 aromatic heterocycles. The van der Waals surface area contributed by atoms with E-state index >= 15 is 0 Å². The van der Waals surface area contributed by atoms with Gasteiger partial charge in [0, 0.05) is 11.6 Å². The zero-order valence-corrected chi connectivity index (χ0v) is 11.6. The van der Waals surface area contributed by atoms with Crippen LogP contribution in [0.4, 0.5) is 0 Å². The summed E-state index contributed by atoms with van der Waals surface area (Å²) in [5.41, 5.74) is 1.87. The van der Waals surface area contributed by atoms with Gasteiger partial charge in [-0.15, -0.1) is 11.6 Å². The first-order valence-corrected chi connectivity index (χ1v) is 7.78. The number of hydrogen-bond donors (Lipinski definition) is 0. The molecule has 17 heavy (non-hydrogen) atoms. The fourth-order valence-electron chi connectivity index (χ4n) is 1.12. The van der Waals surface area contributed by atoms with Crippen molar-refractivity contribution >= 4 is 42.6 Å². The molecular formula is C10H8Cl3NO2S. The van der Waals surface area contributed by atoms with Crippen LogP contribution in [0.15, 0.2) is 40.9 Å². The molecule has 0 aliphatic carbocycles. The average Bonchev–Trinajstić information content (AvgIpc) is 2.78. The van der Waals surface area contributed by atoms with Crippen molar-refractivity contribution in [2.75, 3.05) is 0 Å². The molecule has 0 N–H and O–H groups in total. The molecule has 0 bridgehead atoms. The van der Waals surface area contributed by atoms with Crippen LogP contribution in [-0.2, 0) is 15.5 Å². The molecule has 0 radical (unpaired) electrons. The second-order valence-electron chi connectivity index (χ2n) is 2.86. The second-order valence-corrected chi connectivity index (χ2v) is 5.65. The molecule has 0 spiro atoms. The number of aromatic nitrogens is 1. The Morgan fingerprint density at radius 1 is 1.24 bits per heavy atom. The maximum Gasteiger partial charge on any atom is 0.198 e. The third kappa shape index (κ3) is 5.66. The summed E-state index contributed by atoms with van der Waals surface area (Å²) in [7, 11) is 7.36. The van der Waals surface area contributed by atoms with Crippen molar-refractivity contribution in [3.63, 3.8) is 0 Å². The van der Waals surface area contributed by atoms with Crippen molar-refractivity contribution in [3.05, 3.63) is 42.2 Å². The molecule has 3 nitrogen and oxygen atoms in total. The Balaban J connectivity index is 0.000000317. The molecule has 0 aliphatic rings. The maximum absolute atomic E-state index is 9.09. The third-order valence-electron chi connectivity index (χ3n) is 1.76. The minimum absolute atomic E-state index is 0.361. The van der Waals surface area contributed by atoms with E-state index in [-0.39, 0.29) is 0 Å². The first kappa shape index (κ1) is 14.7. The van der Waals surface area contributed by atoms with Crippen molar-refractivity contribution in [1.29, 1.82) is 0 Å². The quantitative estimate of drug-likeness (QED) is 0.619. The van der Waals surface area contributed by atoms with Crippen LogP contribution >= 0.6 is 33.0 Å². The molecule has 1 heterocycles. The van der Waals surface area contributed by atoms with Gasteiger partial charge in [-0.2, -0.15) is 0 Å². The van der Waals surface area contributed by atoms with Gasteiger partial charge in [0.15, 0.2) is 36.7 Å². The summed E-state index contributed by atoms with van der Waals surface area (Å²) in [6.07, 6.45) is 0. The summed E-state index contributed by atoms with van der Waals surface area (Å²) < 4.78 is 14.1. The summed E-state index contributed by atoms with van der Waals surface area (Å²) in [5.74, 6) is 1.06. The van der Waals surface area contributed by atoms with E-state index in [1.807, 2.05) is 36.4 Å². The van der Waals surface area contributed by atoms with Gasteiger partial charge in [0.05, 0.1) is 5.88 Å². The van der Waals surface area contributed by atoms with Crippen LogP contribution in [0, 0.1) is 0 Å². The van der Waals surface area contributed by atoms with Gasteiger partial charge >= 0.3 is 0 Å². The van der Waals surface area contributed by atoms with Crippen LogP contribution in [0.3, 0.4) is 0 Å². The fraction of sp³-hybridized carbons (Fsp3) is 0.100. The highest BCUT2D eigenvalue weighted by molar-refractivity contribution is 8.31. The number of halogens is 3. The van der Waals surface area contributed by atoms with E-state index in [1.54, 1.807) is 0 Å². The second kappa shape index (κ2) is 7.84. The highest BCUT2D eigenvalue weighted by Crippen LogP contribution is 2.18. The van der Waals surface area contributed by atoms with Crippen molar-refractivity contribution in [2.24, 2.45) is 0 Å². The number of benzene rings is 1. The first-order chi connectivity index (χ1) is 8.13. The molecule has 92 valence electrons. The van der Waals surface area contributed by atoms with Gasteiger partial charge in [0.2, 0.25) is 0 Å². The standard InChI is InChI=1S/C10H8ClNO.Cl2OS/c11-7-9-6-10(12-13-9)8-4-2-1-3-5-8;1-4(2)3/h1-6H,7H2;. The third-order valence-corrected chi connectivity index (χ3v) is 2.02. The molecule has 0 unspecified atom stereocenters. The Labute approximate surface area is 116 Å². The summed E-state index contributed by atoms with van der Waals surface area (Å²) in [5, 5.41) is 3.90. The van der Waals surface area contributed by atoms with Crippen LogP contribution in [0.1, 0.15) is 5.76 Å². The first-order valence-electron chi connectivity index (χ1n) is 4.44. The van der Waals surface area contributed by atoms with Crippen LogP contribution < -0.4 is 0 Å².